The molecule has 112 valence electrons. The molecule has 0 N–H and O–H groups in total. The zero-order valence-corrected chi connectivity index (χ0v) is 12.9. The van der Waals surface area contributed by atoms with Crippen molar-refractivity contribution in [1.82, 2.24) is 4.90 Å². The third-order valence-corrected chi connectivity index (χ3v) is 4.00. The van der Waals surface area contributed by atoms with Gasteiger partial charge in [0, 0.05) is 6.54 Å². The maximum absolute atomic E-state index is 5.97. The Morgan fingerprint density at radius 2 is 1.80 bits per heavy atom. The van der Waals surface area contributed by atoms with Crippen LogP contribution >= 0.6 is 0 Å². The third-order valence-electron chi connectivity index (χ3n) is 4.00. The van der Waals surface area contributed by atoms with E-state index in [1.807, 2.05) is 0 Å². The Morgan fingerprint density at radius 3 is 2.40 bits per heavy atom. The van der Waals surface area contributed by atoms with Gasteiger partial charge in [-0.2, -0.15) is 0 Å². The number of methoxy groups -OCH3 is 2. The van der Waals surface area contributed by atoms with Gasteiger partial charge >= 0.3 is 0 Å². The van der Waals surface area contributed by atoms with Gasteiger partial charge in [-0.25, -0.2) is 0 Å². The highest BCUT2D eigenvalue weighted by atomic mass is 16.5. The Bertz CT molecular complexity index is 444. The molecule has 0 saturated heterocycles. The zero-order chi connectivity index (χ0) is 14.5. The van der Waals surface area contributed by atoms with Crippen molar-refractivity contribution in [3.05, 3.63) is 23.3 Å². The second-order valence-electron chi connectivity index (χ2n) is 5.00. The number of rotatable bonds is 6. The molecule has 0 fully saturated rings. The highest BCUT2D eigenvalue weighted by Crippen LogP contribution is 2.37. The van der Waals surface area contributed by atoms with Gasteiger partial charge < -0.3 is 19.1 Å². The molecule has 1 heterocycles. The molecule has 0 bridgehead atoms. The van der Waals surface area contributed by atoms with Gasteiger partial charge in [0.05, 0.1) is 26.9 Å². The van der Waals surface area contributed by atoms with Crippen LogP contribution in [0.15, 0.2) is 12.1 Å². The van der Waals surface area contributed by atoms with Gasteiger partial charge in [-0.05, 0) is 42.8 Å². The van der Waals surface area contributed by atoms with Crippen LogP contribution in [0.3, 0.4) is 0 Å². The van der Waals surface area contributed by atoms with Crippen molar-refractivity contribution in [2.24, 2.45) is 0 Å². The summed E-state index contributed by atoms with van der Waals surface area (Å²) in [5.41, 5.74) is 2.55. The summed E-state index contributed by atoms with van der Waals surface area (Å²) in [6.45, 7) is 8.14. The molecule has 0 saturated carbocycles. The van der Waals surface area contributed by atoms with E-state index in [1.54, 1.807) is 14.2 Å². The summed E-state index contributed by atoms with van der Waals surface area (Å²) in [6, 6.07) is 4.16. The Hall–Kier alpha value is -1.26. The fourth-order valence-corrected chi connectivity index (χ4v) is 2.72. The monoisotopic (exact) mass is 279 g/mol. The van der Waals surface area contributed by atoms with Crippen molar-refractivity contribution >= 4 is 0 Å². The van der Waals surface area contributed by atoms with E-state index in [2.05, 4.69) is 30.9 Å². The van der Waals surface area contributed by atoms with Crippen molar-refractivity contribution < 1.29 is 14.2 Å². The molecule has 4 heteroatoms. The molecule has 20 heavy (non-hydrogen) atoms. The number of fused-ring (bicyclic) bond motifs is 1. The largest absolute Gasteiger partial charge is 0.493 e. The summed E-state index contributed by atoms with van der Waals surface area (Å²) in [5, 5.41) is 0. The van der Waals surface area contributed by atoms with Crippen molar-refractivity contribution in [2.75, 3.05) is 40.5 Å². The van der Waals surface area contributed by atoms with Crippen LogP contribution in [0.1, 0.15) is 31.1 Å². The highest BCUT2D eigenvalue weighted by Gasteiger charge is 2.24. The molecular formula is C16H25NO3. The smallest absolute Gasteiger partial charge is 0.161 e. The first-order valence-electron chi connectivity index (χ1n) is 7.32. The lowest BCUT2D eigenvalue weighted by molar-refractivity contribution is 0.0177. The summed E-state index contributed by atoms with van der Waals surface area (Å²) in [5.74, 6) is 1.58. The SMILES string of the molecule is CCN(CC)CC1OCCc2cc(OC)c(OC)cc21. The lowest BCUT2D eigenvalue weighted by atomic mass is 9.96. The van der Waals surface area contributed by atoms with Gasteiger partial charge in [0.25, 0.3) is 0 Å². The number of nitrogens with zero attached hydrogens (tertiary/aromatic N) is 1. The van der Waals surface area contributed by atoms with E-state index in [-0.39, 0.29) is 6.10 Å². The summed E-state index contributed by atoms with van der Waals surface area (Å²) >= 11 is 0. The van der Waals surface area contributed by atoms with Crippen LogP contribution < -0.4 is 9.47 Å². The molecule has 1 atom stereocenters. The fourth-order valence-electron chi connectivity index (χ4n) is 2.72. The predicted molar refractivity (Wildman–Crippen MR) is 79.7 cm³/mol. The molecule has 0 amide bonds. The van der Waals surface area contributed by atoms with Crippen LogP contribution in [0.5, 0.6) is 11.5 Å². The second-order valence-corrected chi connectivity index (χ2v) is 5.00. The number of benzene rings is 1. The maximum Gasteiger partial charge on any atom is 0.161 e. The van der Waals surface area contributed by atoms with Crippen molar-refractivity contribution in [2.45, 2.75) is 26.4 Å². The normalized spacial score (nSPS) is 17.9. The fraction of sp³-hybridized carbons (Fsp3) is 0.625. The van der Waals surface area contributed by atoms with Gasteiger partial charge in [0.2, 0.25) is 0 Å². The van der Waals surface area contributed by atoms with Crippen molar-refractivity contribution in [3.8, 4) is 11.5 Å². The summed E-state index contributed by atoms with van der Waals surface area (Å²) < 4.78 is 16.8. The van der Waals surface area contributed by atoms with Crippen LogP contribution in [-0.4, -0.2) is 45.4 Å². The highest BCUT2D eigenvalue weighted by molar-refractivity contribution is 5.49. The maximum atomic E-state index is 5.97. The average Bonchev–Trinajstić information content (AvgIpc) is 2.51. The first-order valence-corrected chi connectivity index (χ1v) is 7.32. The first kappa shape index (κ1) is 15.1. The molecule has 1 aliphatic rings. The summed E-state index contributed by atoms with van der Waals surface area (Å²) in [6.07, 6.45) is 1.06. The zero-order valence-electron chi connectivity index (χ0n) is 12.9. The molecule has 1 aromatic rings. The van der Waals surface area contributed by atoms with Gasteiger partial charge in [-0.3, -0.25) is 0 Å². The Labute approximate surface area is 121 Å². The Morgan fingerprint density at radius 1 is 1.15 bits per heavy atom. The molecule has 0 spiro atoms. The summed E-state index contributed by atoms with van der Waals surface area (Å²) in [4.78, 5) is 2.39. The molecule has 2 rings (SSSR count). The van der Waals surface area contributed by atoms with E-state index < -0.39 is 0 Å². The number of ether oxygens (including phenoxy) is 3. The van der Waals surface area contributed by atoms with Gasteiger partial charge in [0.1, 0.15) is 0 Å². The van der Waals surface area contributed by atoms with Crippen LogP contribution in [0, 0.1) is 0 Å². The minimum Gasteiger partial charge on any atom is -0.493 e. The lowest BCUT2D eigenvalue weighted by Gasteiger charge is -2.31. The number of hydrogen-bond donors (Lipinski definition) is 0. The minimum atomic E-state index is 0.124. The van der Waals surface area contributed by atoms with Gasteiger partial charge in [-0.15, -0.1) is 0 Å². The quantitative estimate of drug-likeness (QED) is 0.801. The Balaban J connectivity index is 2.29. The molecule has 1 unspecified atom stereocenters. The van der Waals surface area contributed by atoms with Crippen molar-refractivity contribution in [3.63, 3.8) is 0 Å². The topological polar surface area (TPSA) is 30.9 Å². The minimum absolute atomic E-state index is 0.124. The van der Waals surface area contributed by atoms with Crippen LogP contribution in [0.4, 0.5) is 0 Å². The van der Waals surface area contributed by atoms with E-state index in [4.69, 9.17) is 14.2 Å². The summed E-state index contributed by atoms with van der Waals surface area (Å²) in [7, 11) is 3.35. The first-order chi connectivity index (χ1) is 9.73. The molecule has 0 aromatic heterocycles. The lowest BCUT2D eigenvalue weighted by Crippen LogP contribution is -2.32. The Kier molecular flexibility index (Phi) is 5.26. The molecule has 1 aliphatic heterocycles. The molecule has 4 nitrogen and oxygen atoms in total. The average molecular weight is 279 g/mol. The van der Waals surface area contributed by atoms with E-state index in [0.717, 1.165) is 44.2 Å². The molecule has 0 radical (unpaired) electrons. The van der Waals surface area contributed by atoms with Crippen LogP contribution in [0.25, 0.3) is 0 Å². The van der Waals surface area contributed by atoms with E-state index >= 15 is 0 Å². The number of likely N-dealkylation sites (N-methyl/N-ethyl adjacent to an activating group) is 1. The van der Waals surface area contributed by atoms with E-state index in [0.29, 0.717) is 0 Å². The van der Waals surface area contributed by atoms with Crippen molar-refractivity contribution in [1.29, 1.82) is 0 Å². The standard InChI is InChI=1S/C16H25NO3/c1-5-17(6-2)11-16-13-10-15(19-4)14(18-3)9-12(13)7-8-20-16/h9-10,16H,5-8,11H2,1-4H3. The van der Waals surface area contributed by atoms with Gasteiger partial charge in [-0.1, -0.05) is 13.8 Å². The van der Waals surface area contributed by atoms with Gasteiger partial charge in [0.15, 0.2) is 11.5 Å². The number of hydrogen-bond acceptors (Lipinski definition) is 4. The van der Waals surface area contributed by atoms with E-state index in [9.17, 15) is 0 Å². The van der Waals surface area contributed by atoms with Crippen LogP contribution in [0.2, 0.25) is 0 Å². The molecule has 0 aliphatic carbocycles. The van der Waals surface area contributed by atoms with E-state index in [1.165, 1.54) is 11.1 Å². The molecule has 1 aromatic carbocycles. The predicted octanol–water partition coefficient (Wildman–Crippen LogP) is 2.66. The van der Waals surface area contributed by atoms with Crippen LogP contribution in [-0.2, 0) is 11.2 Å². The molecular weight excluding hydrogens is 254 g/mol. The third kappa shape index (κ3) is 3.07. The second kappa shape index (κ2) is 6.95.